The third-order valence-corrected chi connectivity index (χ3v) is 4.69. The summed E-state index contributed by atoms with van der Waals surface area (Å²) in [6.07, 6.45) is 6.93. The van der Waals surface area contributed by atoms with Gasteiger partial charge in [-0.2, -0.15) is 5.10 Å². The Kier molecular flexibility index (Phi) is 6.02. The number of halogens is 1. The molecule has 1 aliphatic carbocycles. The monoisotopic (exact) mass is 296 g/mol. The van der Waals surface area contributed by atoms with Gasteiger partial charge >= 0.3 is 0 Å². The number of rotatable bonds is 6. The van der Waals surface area contributed by atoms with Gasteiger partial charge in [-0.25, -0.2) is 4.98 Å². The van der Waals surface area contributed by atoms with E-state index in [0.717, 1.165) is 36.7 Å². The van der Waals surface area contributed by atoms with E-state index in [1.807, 2.05) is 0 Å². The Labute approximate surface area is 126 Å². The number of nitrogens with one attached hydrogen (secondary N) is 1. The Balaban J connectivity index is 1.96. The molecule has 0 radical (unpaired) electrons. The Hall–Kier alpha value is -0.900. The molecule has 5 heteroatoms. The molecule has 1 aliphatic rings. The molecule has 20 heavy (non-hydrogen) atoms. The van der Waals surface area contributed by atoms with Crippen molar-refractivity contribution >= 4 is 17.5 Å². The number of aryl methyl sites for hydroxylation is 2. The lowest BCUT2D eigenvalue weighted by Gasteiger charge is -2.30. The maximum absolute atomic E-state index is 6.07. The van der Waals surface area contributed by atoms with E-state index < -0.39 is 0 Å². The van der Waals surface area contributed by atoms with Crippen molar-refractivity contribution in [3.05, 3.63) is 11.4 Å². The van der Waals surface area contributed by atoms with Crippen LogP contribution in [0.1, 0.15) is 50.9 Å². The van der Waals surface area contributed by atoms with Crippen LogP contribution in [0.2, 0.25) is 0 Å². The van der Waals surface area contributed by atoms with Crippen LogP contribution in [-0.4, -0.2) is 27.6 Å². The van der Waals surface area contributed by atoms with Gasteiger partial charge in [0.15, 0.2) is 0 Å². The minimum absolute atomic E-state index is 0.631. The first-order valence-electron chi connectivity index (χ1n) is 7.80. The first-order chi connectivity index (χ1) is 9.78. The van der Waals surface area contributed by atoms with Crippen LogP contribution in [0.15, 0.2) is 0 Å². The minimum Gasteiger partial charge on any atom is -0.353 e. The van der Waals surface area contributed by atoms with E-state index >= 15 is 0 Å². The number of nitrogens with zero attached hydrogens (tertiary/aromatic N) is 3. The van der Waals surface area contributed by atoms with Gasteiger partial charge in [-0.1, -0.05) is 26.7 Å². The summed E-state index contributed by atoms with van der Waals surface area (Å²) in [5.74, 6) is 2.70. The van der Waals surface area contributed by atoms with Gasteiger partial charge in [-0.05, 0) is 37.5 Å². The van der Waals surface area contributed by atoms with Gasteiger partial charge in [0.25, 0.3) is 0 Å². The fourth-order valence-corrected chi connectivity index (χ4v) is 3.40. The molecule has 2 rings (SSSR count). The summed E-state index contributed by atoms with van der Waals surface area (Å²) >= 11 is 6.07. The third kappa shape index (κ3) is 3.81. The lowest BCUT2D eigenvalue weighted by Crippen LogP contribution is -2.28. The van der Waals surface area contributed by atoms with Crippen molar-refractivity contribution < 1.29 is 0 Å². The Bertz CT molecular complexity index is 424. The zero-order valence-electron chi connectivity index (χ0n) is 12.5. The molecule has 2 atom stereocenters. The van der Waals surface area contributed by atoms with Gasteiger partial charge in [-0.15, -0.1) is 16.7 Å². The summed E-state index contributed by atoms with van der Waals surface area (Å²) in [6.45, 7) is 5.11. The highest BCUT2D eigenvalue weighted by Gasteiger charge is 2.24. The number of hydrogen-bond acceptors (Lipinski definition) is 4. The number of anilines is 1. The van der Waals surface area contributed by atoms with E-state index in [4.69, 9.17) is 11.6 Å². The molecule has 112 valence electrons. The van der Waals surface area contributed by atoms with Gasteiger partial charge in [0.05, 0.1) is 11.4 Å². The van der Waals surface area contributed by atoms with Crippen LogP contribution in [0.4, 0.5) is 5.95 Å². The van der Waals surface area contributed by atoms with Gasteiger partial charge in [0.2, 0.25) is 5.95 Å². The normalized spacial score (nSPS) is 22.8. The van der Waals surface area contributed by atoms with Gasteiger partial charge in [0.1, 0.15) is 0 Å². The molecule has 1 aromatic rings. The summed E-state index contributed by atoms with van der Waals surface area (Å²) in [6, 6.07) is 0. The average Bonchev–Trinajstić information content (AvgIpc) is 2.52. The van der Waals surface area contributed by atoms with Crippen LogP contribution in [0.25, 0.3) is 0 Å². The van der Waals surface area contributed by atoms with Crippen molar-refractivity contribution in [2.45, 2.75) is 52.4 Å². The highest BCUT2D eigenvalue weighted by molar-refractivity contribution is 6.18. The van der Waals surface area contributed by atoms with Crippen molar-refractivity contribution in [1.29, 1.82) is 0 Å². The average molecular weight is 297 g/mol. The summed E-state index contributed by atoms with van der Waals surface area (Å²) < 4.78 is 0. The molecule has 1 aromatic heterocycles. The lowest BCUT2D eigenvalue weighted by molar-refractivity contribution is 0.271. The van der Waals surface area contributed by atoms with Crippen LogP contribution in [0.5, 0.6) is 0 Å². The van der Waals surface area contributed by atoms with Crippen LogP contribution >= 0.6 is 11.6 Å². The molecule has 1 fully saturated rings. The van der Waals surface area contributed by atoms with Gasteiger partial charge in [0, 0.05) is 12.4 Å². The van der Waals surface area contributed by atoms with Crippen LogP contribution in [-0.2, 0) is 12.8 Å². The fourth-order valence-electron chi connectivity index (χ4n) is 2.99. The van der Waals surface area contributed by atoms with Crippen LogP contribution in [0, 0.1) is 11.8 Å². The maximum atomic E-state index is 6.07. The molecular weight excluding hydrogens is 272 g/mol. The van der Waals surface area contributed by atoms with E-state index in [9.17, 15) is 0 Å². The Morgan fingerprint density at radius 2 is 1.75 bits per heavy atom. The highest BCUT2D eigenvalue weighted by atomic mass is 35.5. The second-order valence-electron chi connectivity index (χ2n) is 5.58. The second kappa shape index (κ2) is 7.77. The molecule has 0 aromatic carbocycles. The zero-order valence-corrected chi connectivity index (χ0v) is 13.3. The van der Waals surface area contributed by atoms with Crippen molar-refractivity contribution in [3.63, 3.8) is 0 Å². The largest absolute Gasteiger partial charge is 0.353 e. The topological polar surface area (TPSA) is 50.7 Å². The predicted octanol–water partition coefficient (Wildman–Crippen LogP) is 3.45. The lowest BCUT2D eigenvalue weighted by atomic mass is 9.80. The van der Waals surface area contributed by atoms with Gasteiger partial charge in [-0.3, -0.25) is 0 Å². The first kappa shape index (κ1) is 15.5. The third-order valence-electron chi connectivity index (χ3n) is 4.30. The van der Waals surface area contributed by atoms with E-state index in [1.165, 1.54) is 25.7 Å². The second-order valence-corrected chi connectivity index (χ2v) is 5.88. The summed E-state index contributed by atoms with van der Waals surface area (Å²) in [5, 5.41) is 11.8. The van der Waals surface area contributed by atoms with E-state index in [2.05, 4.69) is 34.3 Å². The van der Waals surface area contributed by atoms with Gasteiger partial charge < -0.3 is 5.32 Å². The molecule has 1 N–H and O–H groups in total. The number of hydrogen-bond donors (Lipinski definition) is 1. The highest BCUT2D eigenvalue weighted by Crippen LogP contribution is 2.30. The number of aromatic nitrogens is 3. The SMILES string of the molecule is CCc1nnc(NCC2CCCCC2CCl)nc1CC. The fraction of sp³-hybridized carbons (Fsp3) is 0.800. The molecule has 0 aliphatic heterocycles. The standard InChI is InChI=1S/C15H25ClN4/c1-3-13-14(4-2)19-20-15(18-13)17-10-12-8-6-5-7-11(12)9-16/h11-12H,3-10H2,1-2H3,(H,17,18,20). The predicted molar refractivity (Wildman–Crippen MR) is 83.2 cm³/mol. The number of alkyl halides is 1. The van der Waals surface area contributed by atoms with Crippen molar-refractivity contribution in [2.75, 3.05) is 17.7 Å². The first-order valence-corrected chi connectivity index (χ1v) is 8.34. The molecule has 0 saturated heterocycles. The van der Waals surface area contributed by atoms with Crippen LogP contribution in [0.3, 0.4) is 0 Å². The van der Waals surface area contributed by atoms with E-state index in [0.29, 0.717) is 17.8 Å². The molecule has 2 unspecified atom stereocenters. The smallest absolute Gasteiger partial charge is 0.242 e. The molecule has 0 bridgehead atoms. The van der Waals surface area contributed by atoms with E-state index in [1.54, 1.807) is 0 Å². The molecular formula is C15H25ClN4. The van der Waals surface area contributed by atoms with Crippen molar-refractivity contribution in [2.24, 2.45) is 11.8 Å². The molecule has 1 heterocycles. The summed E-state index contributed by atoms with van der Waals surface area (Å²) in [5.41, 5.74) is 2.07. The molecule has 0 spiro atoms. The summed E-state index contributed by atoms with van der Waals surface area (Å²) in [7, 11) is 0. The Morgan fingerprint density at radius 1 is 1.05 bits per heavy atom. The van der Waals surface area contributed by atoms with E-state index in [-0.39, 0.29) is 0 Å². The van der Waals surface area contributed by atoms with Crippen LogP contribution < -0.4 is 5.32 Å². The molecule has 1 saturated carbocycles. The maximum Gasteiger partial charge on any atom is 0.242 e. The zero-order chi connectivity index (χ0) is 14.4. The molecule has 0 amide bonds. The quantitative estimate of drug-likeness (QED) is 0.817. The summed E-state index contributed by atoms with van der Waals surface area (Å²) in [4.78, 5) is 4.58. The minimum atomic E-state index is 0.631. The van der Waals surface area contributed by atoms with Crippen molar-refractivity contribution in [1.82, 2.24) is 15.2 Å². The Morgan fingerprint density at radius 3 is 2.40 bits per heavy atom. The van der Waals surface area contributed by atoms with Crippen molar-refractivity contribution in [3.8, 4) is 0 Å². The molecule has 4 nitrogen and oxygen atoms in total.